The van der Waals surface area contributed by atoms with Gasteiger partial charge >= 0.3 is 0 Å². The number of benzene rings is 4. The first-order valence-electron chi connectivity index (χ1n) is 12.0. The first-order valence-corrected chi connectivity index (χ1v) is 12.0. The van der Waals surface area contributed by atoms with E-state index in [2.05, 4.69) is 99.8 Å². The molecule has 5 rings (SSSR count). The maximum absolute atomic E-state index is 5.40. The molecule has 0 fully saturated rings. The van der Waals surface area contributed by atoms with Crippen LogP contribution in [0.15, 0.2) is 66.7 Å². The Morgan fingerprint density at radius 3 is 2.24 bits per heavy atom. The summed E-state index contributed by atoms with van der Waals surface area (Å²) < 4.78 is 7.82. The van der Waals surface area contributed by atoms with E-state index in [9.17, 15) is 0 Å². The molecule has 0 aliphatic carbocycles. The maximum Gasteiger partial charge on any atom is 0.119 e. The van der Waals surface area contributed by atoms with E-state index >= 15 is 0 Å². The van der Waals surface area contributed by atoms with Crippen LogP contribution in [-0.4, -0.2) is 16.7 Å². The molecule has 0 saturated carbocycles. The molecule has 4 aromatic carbocycles. The zero-order valence-electron chi connectivity index (χ0n) is 20.9. The fourth-order valence-electron chi connectivity index (χ4n) is 5.07. The van der Waals surface area contributed by atoms with Crippen molar-refractivity contribution in [3.63, 3.8) is 0 Å². The van der Waals surface area contributed by atoms with E-state index in [-0.39, 0.29) is 5.92 Å². The third-order valence-electron chi connectivity index (χ3n) is 7.48. The molecular formula is C31H32N2O. The summed E-state index contributed by atoms with van der Waals surface area (Å²) in [6.45, 7) is 12.0. The lowest BCUT2D eigenvalue weighted by Crippen LogP contribution is -2.12. The Labute approximate surface area is 202 Å². The van der Waals surface area contributed by atoms with Crippen LogP contribution < -0.4 is 4.74 Å². The second kappa shape index (κ2) is 8.64. The molecular weight excluding hydrogens is 416 g/mol. The van der Waals surface area contributed by atoms with E-state index < -0.39 is 0 Å². The lowest BCUT2D eigenvalue weighted by atomic mass is 9.93. The Balaban J connectivity index is 1.64. The summed E-state index contributed by atoms with van der Waals surface area (Å²) in [4.78, 5) is 5.14. The van der Waals surface area contributed by atoms with Crippen molar-refractivity contribution in [1.29, 1.82) is 0 Å². The van der Waals surface area contributed by atoms with Gasteiger partial charge in [0.25, 0.3) is 0 Å². The van der Waals surface area contributed by atoms with Crippen LogP contribution in [0.25, 0.3) is 21.8 Å². The summed E-state index contributed by atoms with van der Waals surface area (Å²) in [5.74, 6) is 2.15. The number of imidazole rings is 1. The van der Waals surface area contributed by atoms with Gasteiger partial charge in [-0.2, -0.15) is 0 Å². The number of hydrogen-bond acceptors (Lipinski definition) is 2. The monoisotopic (exact) mass is 448 g/mol. The molecule has 3 heteroatoms. The summed E-state index contributed by atoms with van der Waals surface area (Å²) in [6, 6.07) is 23.7. The molecule has 3 nitrogen and oxygen atoms in total. The van der Waals surface area contributed by atoms with Crippen molar-refractivity contribution in [2.45, 2.75) is 47.1 Å². The van der Waals surface area contributed by atoms with Crippen LogP contribution in [0.2, 0.25) is 0 Å². The number of methoxy groups -OCH3 is 1. The van der Waals surface area contributed by atoms with Crippen LogP contribution in [0.1, 0.15) is 52.0 Å². The normalized spacial score (nSPS) is 12.4. The van der Waals surface area contributed by atoms with Crippen molar-refractivity contribution in [2.75, 3.05) is 7.11 Å². The highest BCUT2D eigenvalue weighted by Crippen LogP contribution is 2.32. The molecule has 5 aromatic rings. The van der Waals surface area contributed by atoms with Gasteiger partial charge in [0.05, 0.1) is 18.1 Å². The summed E-state index contributed by atoms with van der Waals surface area (Å²) >= 11 is 0. The standard InChI is InChI=1S/C31H32N2O/c1-19-15-20(2)22(4)28(21(19)3)18-33-30-10-8-7-9-29(30)32-31(33)23(5)24-11-12-26-17-27(34-6)14-13-25(26)16-24/h7-17,23H,18H2,1-6H3. The predicted molar refractivity (Wildman–Crippen MR) is 142 cm³/mol. The molecule has 1 heterocycles. The Bertz CT molecular complexity index is 1500. The molecule has 1 atom stereocenters. The van der Waals surface area contributed by atoms with Crippen molar-refractivity contribution in [3.05, 3.63) is 106 Å². The highest BCUT2D eigenvalue weighted by Gasteiger charge is 2.20. The smallest absolute Gasteiger partial charge is 0.119 e. The quantitative estimate of drug-likeness (QED) is 0.276. The zero-order chi connectivity index (χ0) is 24.0. The van der Waals surface area contributed by atoms with E-state index in [0.29, 0.717) is 0 Å². The van der Waals surface area contributed by atoms with Crippen LogP contribution in [-0.2, 0) is 6.54 Å². The van der Waals surface area contributed by atoms with Gasteiger partial charge in [-0.05, 0) is 96.1 Å². The van der Waals surface area contributed by atoms with Crippen LogP contribution in [0.4, 0.5) is 0 Å². The second-order valence-electron chi connectivity index (χ2n) is 9.48. The van der Waals surface area contributed by atoms with Gasteiger partial charge in [-0.15, -0.1) is 0 Å². The third kappa shape index (κ3) is 3.75. The van der Waals surface area contributed by atoms with E-state index in [1.54, 1.807) is 7.11 Å². The van der Waals surface area contributed by atoms with Crippen LogP contribution >= 0.6 is 0 Å². The number of rotatable bonds is 5. The van der Waals surface area contributed by atoms with Gasteiger partial charge in [-0.25, -0.2) is 4.98 Å². The predicted octanol–water partition coefficient (Wildman–Crippen LogP) is 7.63. The minimum atomic E-state index is 0.158. The molecule has 0 aliphatic heterocycles. The van der Waals surface area contributed by atoms with Crippen LogP contribution in [0, 0.1) is 27.7 Å². The first kappa shape index (κ1) is 22.2. The second-order valence-corrected chi connectivity index (χ2v) is 9.48. The lowest BCUT2D eigenvalue weighted by molar-refractivity contribution is 0.415. The molecule has 0 spiro atoms. The molecule has 34 heavy (non-hydrogen) atoms. The molecule has 0 amide bonds. The summed E-state index contributed by atoms with van der Waals surface area (Å²) in [6.07, 6.45) is 0. The van der Waals surface area contributed by atoms with Crippen molar-refractivity contribution in [1.82, 2.24) is 9.55 Å². The zero-order valence-corrected chi connectivity index (χ0v) is 20.9. The molecule has 1 unspecified atom stereocenters. The van der Waals surface area contributed by atoms with E-state index in [0.717, 1.165) is 23.6 Å². The molecule has 1 aromatic heterocycles. The average molecular weight is 449 g/mol. The Morgan fingerprint density at radius 2 is 1.50 bits per heavy atom. The van der Waals surface area contributed by atoms with Gasteiger partial charge in [0.15, 0.2) is 0 Å². The SMILES string of the molecule is COc1ccc2cc(C(C)c3nc4ccccc4n3Cc3c(C)c(C)cc(C)c3C)ccc2c1. The highest BCUT2D eigenvalue weighted by atomic mass is 16.5. The maximum atomic E-state index is 5.40. The minimum Gasteiger partial charge on any atom is -0.497 e. The molecule has 172 valence electrons. The van der Waals surface area contributed by atoms with Crippen LogP contribution in [0.3, 0.4) is 0 Å². The number of aromatic nitrogens is 2. The third-order valence-corrected chi connectivity index (χ3v) is 7.48. The van der Waals surface area contributed by atoms with Gasteiger partial charge in [0.1, 0.15) is 11.6 Å². The number of aryl methyl sites for hydroxylation is 2. The molecule has 0 radical (unpaired) electrons. The van der Waals surface area contributed by atoms with Crippen LogP contribution in [0.5, 0.6) is 5.75 Å². The molecule has 0 N–H and O–H groups in total. The van der Waals surface area contributed by atoms with Crippen molar-refractivity contribution in [2.24, 2.45) is 0 Å². The number of nitrogens with zero attached hydrogens (tertiary/aromatic N) is 2. The minimum absolute atomic E-state index is 0.158. The van der Waals surface area contributed by atoms with Gasteiger partial charge in [-0.1, -0.05) is 49.4 Å². The first-order chi connectivity index (χ1) is 16.4. The van der Waals surface area contributed by atoms with Gasteiger partial charge in [0, 0.05) is 12.5 Å². The number of hydrogen-bond donors (Lipinski definition) is 0. The Hall–Kier alpha value is -3.59. The lowest BCUT2D eigenvalue weighted by Gasteiger charge is -2.20. The summed E-state index contributed by atoms with van der Waals surface area (Å²) in [5, 5.41) is 2.40. The van der Waals surface area contributed by atoms with E-state index in [4.69, 9.17) is 9.72 Å². The highest BCUT2D eigenvalue weighted by molar-refractivity contribution is 5.85. The fourth-order valence-corrected chi connectivity index (χ4v) is 5.07. The van der Waals surface area contributed by atoms with Crippen molar-refractivity contribution >= 4 is 21.8 Å². The fraction of sp³-hybridized carbons (Fsp3) is 0.258. The van der Waals surface area contributed by atoms with E-state index in [1.807, 2.05) is 6.07 Å². The van der Waals surface area contributed by atoms with Gasteiger partial charge < -0.3 is 9.30 Å². The average Bonchev–Trinajstić information content (AvgIpc) is 3.22. The van der Waals surface area contributed by atoms with Crippen molar-refractivity contribution < 1.29 is 4.74 Å². The summed E-state index contributed by atoms with van der Waals surface area (Å²) in [7, 11) is 1.71. The van der Waals surface area contributed by atoms with E-state index in [1.165, 1.54) is 49.7 Å². The molecule has 0 saturated heterocycles. The largest absolute Gasteiger partial charge is 0.497 e. The van der Waals surface area contributed by atoms with Gasteiger partial charge in [0.2, 0.25) is 0 Å². The summed E-state index contributed by atoms with van der Waals surface area (Å²) in [5.41, 5.74) is 10.4. The topological polar surface area (TPSA) is 27.1 Å². The Morgan fingerprint density at radius 1 is 0.824 bits per heavy atom. The van der Waals surface area contributed by atoms with Gasteiger partial charge in [-0.3, -0.25) is 0 Å². The molecule has 0 bridgehead atoms. The Kier molecular flexibility index (Phi) is 5.65. The number of ether oxygens (including phenoxy) is 1. The number of fused-ring (bicyclic) bond motifs is 2. The molecule has 0 aliphatic rings. The number of para-hydroxylation sites is 2. The van der Waals surface area contributed by atoms with Crippen molar-refractivity contribution in [3.8, 4) is 5.75 Å².